The minimum absolute atomic E-state index is 0.316. The molecule has 0 amide bonds. The predicted octanol–water partition coefficient (Wildman–Crippen LogP) is 1.32. The third-order valence-electron chi connectivity index (χ3n) is 0.850. The molecule has 6 heteroatoms. The lowest BCUT2D eigenvalue weighted by Gasteiger charge is -1.93. The van der Waals surface area contributed by atoms with Gasteiger partial charge in [-0.15, -0.1) is 10.2 Å². The second-order valence-corrected chi connectivity index (χ2v) is 4.31. The van der Waals surface area contributed by atoms with Crippen molar-refractivity contribution in [1.29, 1.82) is 0 Å². The Morgan fingerprint density at radius 3 is 2.91 bits per heavy atom. The third kappa shape index (κ3) is 2.37. The summed E-state index contributed by atoms with van der Waals surface area (Å²) in [6.45, 7) is 2.12. The van der Waals surface area contributed by atoms with Crippen LogP contribution in [-0.4, -0.2) is 22.8 Å². The second kappa shape index (κ2) is 3.96. The molecule has 1 aromatic rings. The lowest BCUT2D eigenvalue weighted by Crippen LogP contribution is -2.03. The van der Waals surface area contributed by atoms with Crippen LogP contribution in [0.4, 0.5) is 0 Å². The molecule has 0 aromatic carbocycles. The Morgan fingerprint density at radius 1 is 1.73 bits per heavy atom. The molecule has 1 heterocycles. The van der Waals surface area contributed by atoms with Gasteiger partial charge in [-0.05, 0) is 29.5 Å². The minimum atomic E-state index is -0.395. The number of rotatable bonds is 2. The molecule has 0 bridgehead atoms. The summed E-state index contributed by atoms with van der Waals surface area (Å²) < 4.78 is 5.45. The van der Waals surface area contributed by atoms with Gasteiger partial charge < -0.3 is 4.74 Å². The molecule has 0 aliphatic carbocycles. The molecule has 0 fully saturated rings. The monoisotopic (exact) mass is 284 g/mol. The molecule has 0 unspecified atom stereocenters. The van der Waals surface area contributed by atoms with E-state index in [1.165, 1.54) is 11.3 Å². The van der Waals surface area contributed by atoms with E-state index in [9.17, 15) is 4.79 Å². The van der Waals surface area contributed by atoms with Gasteiger partial charge in [-0.3, -0.25) is 0 Å². The zero-order valence-corrected chi connectivity index (χ0v) is 8.68. The lowest BCUT2D eigenvalue weighted by atomic mass is 10.7. The van der Waals surface area contributed by atoms with Gasteiger partial charge in [0.15, 0.2) is 3.01 Å². The smallest absolute Gasteiger partial charge is 0.369 e. The Balaban J connectivity index is 2.69. The molecule has 0 atom stereocenters. The summed E-state index contributed by atoms with van der Waals surface area (Å²) in [5.41, 5.74) is 0. The standard InChI is InChI=1S/C5H5IN2O2S/c1-2-10-4(9)3-7-8-5(6)11-3/h2H2,1H3. The average molecular weight is 284 g/mol. The zero-order chi connectivity index (χ0) is 8.27. The van der Waals surface area contributed by atoms with Gasteiger partial charge in [-0.1, -0.05) is 11.3 Å². The summed E-state index contributed by atoms with van der Waals surface area (Å²) >= 11 is 3.23. The fourth-order valence-corrected chi connectivity index (χ4v) is 1.68. The molecule has 0 saturated carbocycles. The topological polar surface area (TPSA) is 52.1 Å². The number of hydrogen-bond acceptors (Lipinski definition) is 5. The molecule has 0 N–H and O–H groups in total. The van der Waals surface area contributed by atoms with Crippen molar-refractivity contribution in [2.24, 2.45) is 0 Å². The van der Waals surface area contributed by atoms with Crippen molar-refractivity contribution in [2.45, 2.75) is 6.92 Å². The van der Waals surface area contributed by atoms with Gasteiger partial charge in [0.05, 0.1) is 6.61 Å². The highest BCUT2D eigenvalue weighted by Crippen LogP contribution is 2.12. The summed E-state index contributed by atoms with van der Waals surface area (Å²) in [4.78, 5) is 10.9. The molecule has 4 nitrogen and oxygen atoms in total. The van der Waals surface area contributed by atoms with Crippen LogP contribution in [0, 0.1) is 3.01 Å². The highest BCUT2D eigenvalue weighted by Gasteiger charge is 2.11. The SMILES string of the molecule is CCOC(=O)c1nnc(I)s1. The van der Waals surface area contributed by atoms with Gasteiger partial charge in [-0.25, -0.2) is 4.79 Å². The van der Waals surface area contributed by atoms with Crippen LogP contribution < -0.4 is 0 Å². The maximum atomic E-state index is 10.9. The van der Waals surface area contributed by atoms with Gasteiger partial charge in [0.25, 0.3) is 0 Å². The fourth-order valence-electron chi connectivity index (χ4n) is 0.481. The van der Waals surface area contributed by atoms with E-state index in [1.807, 2.05) is 22.6 Å². The van der Waals surface area contributed by atoms with E-state index in [0.717, 1.165) is 3.01 Å². The summed E-state index contributed by atoms with van der Waals surface area (Å²) in [5, 5.41) is 7.61. The van der Waals surface area contributed by atoms with Crippen molar-refractivity contribution >= 4 is 39.9 Å². The van der Waals surface area contributed by atoms with Gasteiger partial charge in [0.1, 0.15) is 0 Å². The van der Waals surface area contributed by atoms with E-state index >= 15 is 0 Å². The maximum absolute atomic E-state index is 10.9. The highest BCUT2D eigenvalue weighted by molar-refractivity contribution is 14.1. The molecule has 0 aliphatic rings. The van der Waals surface area contributed by atoms with Gasteiger partial charge >= 0.3 is 5.97 Å². The Hall–Kier alpha value is -0.240. The summed E-state index contributed by atoms with van der Waals surface area (Å²) in [7, 11) is 0. The van der Waals surface area contributed by atoms with Crippen molar-refractivity contribution in [3.05, 3.63) is 8.02 Å². The average Bonchev–Trinajstić information content (AvgIpc) is 2.36. The van der Waals surface area contributed by atoms with Crippen LogP contribution >= 0.6 is 33.9 Å². The zero-order valence-electron chi connectivity index (χ0n) is 5.70. The van der Waals surface area contributed by atoms with Crippen LogP contribution in [-0.2, 0) is 4.74 Å². The molecule has 0 radical (unpaired) electrons. The van der Waals surface area contributed by atoms with E-state index in [1.54, 1.807) is 6.92 Å². The Morgan fingerprint density at radius 2 is 2.45 bits per heavy atom. The lowest BCUT2D eigenvalue weighted by molar-refractivity contribution is 0.0525. The fraction of sp³-hybridized carbons (Fsp3) is 0.400. The number of carbonyl (C=O) groups excluding carboxylic acids is 1. The third-order valence-corrected chi connectivity index (χ3v) is 2.42. The molecule has 11 heavy (non-hydrogen) atoms. The number of halogens is 1. The number of esters is 1. The highest BCUT2D eigenvalue weighted by atomic mass is 127. The van der Waals surface area contributed by atoms with Crippen molar-refractivity contribution in [3.63, 3.8) is 0 Å². The predicted molar refractivity (Wildman–Crippen MR) is 48.6 cm³/mol. The van der Waals surface area contributed by atoms with Crippen LogP contribution in [0.25, 0.3) is 0 Å². The Bertz CT molecular complexity index is 263. The van der Waals surface area contributed by atoms with E-state index in [2.05, 4.69) is 10.2 Å². The molecule has 1 rings (SSSR count). The minimum Gasteiger partial charge on any atom is -0.461 e. The Labute approximate surface area is 81.1 Å². The van der Waals surface area contributed by atoms with Gasteiger partial charge in [0.2, 0.25) is 5.01 Å². The Kier molecular flexibility index (Phi) is 3.18. The van der Waals surface area contributed by atoms with Crippen LogP contribution in [0.1, 0.15) is 16.7 Å². The second-order valence-electron chi connectivity index (χ2n) is 1.58. The van der Waals surface area contributed by atoms with Crippen molar-refractivity contribution in [3.8, 4) is 0 Å². The van der Waals surface area contributed by atoms with E-state index in [0.29, 0.717) is 11.6 Å². The number of aromatic nitrogens is 2. The molecular weight excluding hydrogens is 279 g/mol. The maximum Gasteiger partial charge on any atom is 0.369 e. The van der Waals surface area contributed by atoms with Crippen molar-refractivity contribution < 1.29 is 9.53 Å². The first-order valence-corrected chi connectivity index (χ1v) is 4.79. The van der Waals surface area contributed by atoms with Crippen molar-refractivity contribution in [1.82, 2.24) is 10.2 Å². The molecule has 60 valence electrons. The largest absolute Gasteiger partial charge is 0.461 e. The molecule has 0 saturated heterocycles. The van der Waals surface area contributed by atoms with Crippen LogP contribution in [0.15, 0.2) is 0 Å². The van der Waals surface area contributed by atoms with Crippen LogP contribution in [0.3, 0.4) is 0 Å². The molecule has 0 aliphatic heterocycles. The summed E-state index contributed by atoms with van der Waals surface area (Å²) in [6, 6.07) is 0. The van der Waals surface area contributed by atoms with E-state index in [4.69, 9.17) is 4.74 Å². The number of hydrogen-bond donors (Lipinski definition) is 0. The van der Waals surface area contributed by atoms with Crippen LogP contribution in [0.2, 0.25) is 0 Å². The molecular formula is C5H5IN2O2S. The number of ether oxygens (including phenoxy) is 1. The molecule has 1 aromatic heterocycles. The van der Waals surface area contributed by atoms with Gasteiger partial charge in [0, 0.05) is 0 Å². The van der Waals surface area contributed by atoms with E-state index in [-0.39, 0.29) is 0 Å². The normalized spacial score (nSPS) is 9.64. The number of nitrogens with zero attached hydrogens (tertiary/aromatic N) is 2. The van der Waals surface area contributed by atoms with Gasteiger partial charge in [-0.2, -0.15) is 0 Å². The van der Waals surface area contributed by atoms with Crippen LogP contribution in [0.5, 0.6) is 0 Å². The first-order valence-electron chi connectivity index (χ1n) is 2.90. The first kappa shape index (κ1) is 8.85. The quantitative estimate of drug-likeness (QED) is 0.607. The summed E-state index contributed by atoms with van der Waals surface area (Å²) in [5.74, 6) is -0.395. The first-order chi connectivity index (χ1) is 5.24. The van der Waals surface area contributed by atoms with E-state index < -0.39 is 5.97 Å². The summed E-state index contributed by atoms with van der Waals surface area (Å²) in [6.07, 6.45) is 0. The van der Waals surface area contributed by atoms with Crippen molar-refractivity contribution in [2.75, 3.05) is 6.61 Å². The number of carbonyl (C=O) groups is 1. The molecule has 0 spiro atoms.